The van der Waals surface area contributed by atoms with Crippen LogP contribution in [0.5, 0.6) is 11.5 Å². The summed E-state index contributed by atoms with van der Waals surface area (Å²) in [5.74, 6) is 1.08. The fourth-order valence-electron chi connectivity index (χ4n) is 3.79. The molecule has 1 saturated heterocycles. The number of rotatable bonds is 3. The van der Waals surface area contributed by atoms with E-state index >= 15 is 0 Å². The number of ether oxygens (including phenoxy) is 2. The number of sulfonamides is 1. The van der Waals surface area contributed by atoms with Gasteiger partial charge in [-0.2, -0.15) is 4.31 Å². The van der Waals surface area contributed by atoms with Gasteiger partial charge in [0.15, 0.2) is 11.5 Å². The topological polar surface area (TPSA) is 68.7 Å². The lowest BCUT2D eigenvalue weighted by Crippen LogP contribution is -2.38. The molecule has 0 bridgehead atoms. The van der Waals surface area contributed by atoms with Crippen molar-refractivity contribution in [2.45, 2.75) is 30.2 Å². The Bertz CT molecular complexity index is 1090. The van der Waals surface area contributed by atoms with Crippen molar-refractivity contribution in [3.63, 3.8) is 0 Å². The molecule has 1 aromatic heterocycles. The second kappa shape index (κ2) is 7.02. The van der Waals surface area contributed by atoms with Crippen molar-refractivity contribution in [2.75, 3.05) is 19.8 Å². The highest BCUT2D eigenvalue weighted by Gasteiger charge is 2.36. The number of nitrogens with zero attached hydrogens (tertiary/aromatic N) is 2. The molecule has 3 aromatic rings. The molecule has 2 aromatic carbocycles. The Morgan fingerprint density at radius 2 is 1.86 bits per heavy atom. The quantitative estimate of drug-likeness (QED) is 0.646. The summed E-state index contributed by atoms with van der Waals surface area (Å²) >= 11 is 1.58. The summed E-state index contributed by atoms with van der Waals surface area (Å²) in [6.45, 7) is 1.40. The van der Waals surface area contributed by atoms with Crippen LogP contribution in [0.2, 0.25) is 0 Å². The van der Waals surface area contributed by atoms with Crippen LogP contribution in [0.15, 0.2) is 47.4 Å². The Labute approximate surface area is 167 Å². The Kier molecular flexibility index (Phi) is 4.49. The monoisotopic (exact) mass is 416 g/mol. The summed E-state index contributed by atoms with van der Waals surface area (Å²) in [4.78, 5) is 4.97. The van der Waals surface area contributed by atoms with Gasteiger partial charge in [0.25, 0.3) is 0 Å². The number of aromatic nitrogens is 1. The van der Waals surface area contributed by atoms with Gasteiger partial charge in [-0.3, -0.25) is 0 Å². The van der Waals surface area contributed by atoms with Crippen LogP contribution in [0.3, 0.4) is 0 Å². The Morgan fingerprint density at radius 1 is 1.04 bits per heavy atom. The summed E-state index contributed by atoms with van der Waals surface area (Å²) in [6, 6.07) is 12.6. The summed E-state index contributed by atoms with van der Waals surface area (Å²) in [7, 11) is -3.67. The molecule has 0 radical (unpaired) electrons. The van der Waals surface area contributed by atoms with E-state index in [0.29, 0.717) is 31.3 Å². The van der Waals surface area contributed by atoms with Crippen molar-refractivity contribution in [3.05, 3.63) is 47.5 Å². The molecule has 28 heavy (non-hydrogen) atoms. The molecule has 1 atom stereocenters. The van der Waals surface area contributed by atoms with Crippen molar-refractivity contribution < 1.29 is 17.9 Å². The molecule has 2 aliphatic rings. The van der Waals surface area contributed by atoms with Crippen LogP contribution >= 0.6 is 11.3 Å². The molecule has 0 unspecified atom stereocenters. The maximum absolute atomic E-state index is 13.5. The van der Waals surface area contributed by atoms with Crippen LogP contribution in [0.1, 0.15) is 30.3 Å². The molecule has 5 rings (SSSR count). The first kappa shape index (κ1) is 17.9. The summed E-state index contributed by atoms with van der Waals surface area (Å²) in [5.41, 5.74) is 0.921. The van der Waals surface area contributed by atoms with E-state index in [9.17, 15) is 8.42 Å². The number of hydrogen-bond donors (Lipinski definition) is 0. The molecule has 1 fully saturated rings. The number of para-hydroxylation sites is 1. The number of thiazole rings is 1. The van der Waals surface area contributed by atoms with Crippen molar-refractivity contribution >= 4 is 31.6 Å². The smallest absolute Gasteiger partial charge is 0.243 e. The third-order valence-corrected chi connectivity index (χ3v) is 8.21. The van der Waals surface area contributed by atoms with E-state index in [4.69, 9.17) is 14.5 Å². The molecule has 6 nitrogen and oxygen atoms in total. The van der Waals surface area contributed by atoms with Crippen LogP contribution in [-0.4, -0.2) is 37.5 Å². The Balaban J connectivity index is 1.53. The summed E-state index contributed by atoms with van der Waals surface area (Å²) in [6.07, 6.45) is 2.63. The molecule has 3 heterocycles. The third-order valence-electron chi connectivity index (χ3n) is 5.17. The van der Waals surface area contributed by atoms with Crippen molar-refractivity contribution in [2.24, 2.45) is 0 Å². The van der Waals surface area contributed by atoms with Gasteiger partial charge < -0.3 is 9.47 Å². The van der Waals surface area contributed by atoms with Crippen molar-refractivity contribution in [3.8, 4) is 11.5 Å². The van der Waals surface area contributed by atoms with Gasteiger partial charge in [0.1, 0.15) is 18.2 Å². The van der Waals surface area contributed by atoms with E-state index < -0.39 is 10.0 Å². The van der Waals surface area contributed by atoms with Crippen LogP contribution in [0.4, 0.5) is 0 Å². The highest BCUT2D eigenvalue weighted by Crippen LogP contribution is 2.40. The normalized spacial score (nSPS) is 20.4. The number of fused-ring (bicyclic) bond motifs is 2. The standard InChI is InChI=1S/C20H20N2O4S2/c23-28(24,14-8-9-17-18(13-14)26-12-11-25-17)22-10-4-3-6-16(22)20-21-15-5-1-2-7-19(15)27-20/h1-2,5,7-9,13,16H,3-4,6,10-12H2/t16-/m1/s1. The van der Waals surface area contributed by atoms with E-state index in [2.05, 4.69) is 0 Å². The van der Waals surface area contributed by atoms with E-state index in [0.717, 1.165) is 34.5 Å². The highest BCUT2D eigenvalue weighted by atomic mass is 32.2. The van der Waals surface area contributed by atoms with Gasteiger partial charge in [0.2, 0.25) is 10.0 Å². The SMILES string of the molecule is O=S(=O)(c1ccc2c(c1)OCCO2)N1CCCC[C@@H]1c1nc2ccccc2s1. The fourth-order valence-corrected chi connectivity index (χ4v) is 6.65. The molecule has 0 aliphatic carbocycles. The minimum Gasteiger partial charge on any atom is -0.486 e. The molecule has 0 N–H and O–H groups in total. The average Bonchev–Trinajstić information content (AvgIpc) is 3.17. The molecule has 0 amide bonds. The summed E-state index contributed by atoms with van der Waals surface area (Å²) in [5, 5.41) is 0.863. The lowest BCUT2D eigenvalue weighted by molar-refractivity contribution is 0.171. The maximum Gasteiger partial charge on any atom is 0.243 e. The molecule has 2 aliphatic heterocycles. The fraction of sp³-hybridized carbons (Fsp3) is 0.350. The van der Waals surface area contributed by atoms with E-state index in [-0.39, 0.29) is 10.9 Å². The predicted octanol–water partition coefficient (Wildman–Crippen LogP) is 3.98. The number of benzene rings is 2. The van der Waals surface area contributed by atoms with Crippen molar-refractivity contribution in [1.29, 1.82) is 0 Å². The van der Waals surface area contributed by atoms with Crippen LogP contribution in [0.25, 0.3) is 10.2 Å². The second-order valence-electron chi connectivity index (χ2n) is 6.95. The zero-order valence-electron chi connectivity index (χ0n) is 15.2. The lowest BCUT2D eigenvalue weighted by Gasteiger charge is -2.33. The molecule has 0 saturated carbocycles. The van der Waals surface area contributed by atoms with Gasteiger partial charge in [0.05, 0.1) is 21.2 Å². The minimum absolute atomic E-state index is 0.232. The van der Waals surface area contributed by atoms with Gasteiger partial charge in [0, 0.05) is 12.6 Å². The first-order valence-corrected chi connectivity index (χ1v) is 11.7. The largest absolute Gasteiger partial charge is 0.486 e. The zero-order chi connectivity index (χ0) is 19.1. The van der Waals surface area contributed by atoms with Crippen LogP contribution in [-0.2, 0) is 10.0 Å². The molecule has 0 spiro atoms. The highest BCUT2D eigenvalue weighted by molar-refractivity contribution is 7.89. The second-order valence-corrected chi connectivity index (χ2v) is 9.91. The Morgan fingerprint density at radius 3 is 2.71 bits per heavy atom. The molecule has 8 heteroatoms. The number of hydrogen-bond acceptors (Lipinski definition) is 6. The van der Waals surface area contributed by atoms with Gasteiger partial charge in [-0.15, -0.1) is 11.3 Å². The van der Waals surface area contributed by atoms with E-state index in [1.54, 1.807) is 33.8 Å². The minimum atomic E-state index is -3.67. The predicted molar refractivity (Wildman–Crippen MR) is 108 cm³/mol. The first-order chi connectivity index (χ1) is 13.6. The molecular formula is C20H20N2O4S2. The average molecular weight is 417 g/mol. The zero-order valence-corrected chi connectivity index (χ0v) is 16.8. The van der Waals surface area contributed by atoms with Gasteiger partial charge in [-0.1, -0.05) is 18.6 Å². The number of piperidine rings is 1. The third kappa shape index (κ3) is 3.05. The van der Waals surface area contributed by atoms with E-state index in [1.165, 1.54) is 0 Å². The van der Waals surface area contributed by atoms with Crippen LogP contribution < -0.4 is 9.47 Å². The summed E-state index contributed by atoms with van der Waals surface area (Å²) < 4.78 is 40.7. The molecular weight excluding hydrogens is 396 g/mol. The van der Waals surface area contributed by atoms with Crippen molar-refractivity contribution in [1.82, 2.24) is 9.29 Å². The van der Waals surface area contributed by atoms with Gasteiger partial charge in [-0.05, 0) is 37.1 Å². The first-order valence-electron chi connectivity index (χ1n) is 9.40. The van der Waals surface area contributed by atoms with Gasteiger partial charge >= 0.3 is 0 Å². The van der Waals surface area contributed by atoms with E-state index in [1.807, 2.05) is 24.3 Å². The van der Waals surface area contributed by atoms with Gasteiger partial charge in [-0.25, -0.2) is 13.4 Å². The Hall–Kier alpha value is -2.16. The maximum atomic E-state index is 13.5. The molecule has 146 valence electrons. The lowest BCUT2D eigenvalue weighted by atomic mass is 10.1. The van der Waals surface area contributed by atoms with Crippen LogP contribution in [0, 0.1) is 0 Å².